The molecule has 0 radical (unpaired) electrons. The highest BCUT2D eigenvalue weighted by molar-refractivity contribution is 6.33. The predicted molar refractivity (Wildman–Crippen MR) is 161 cm³/mol. The largest absolute Gasteiger partial charge is 0.444 e. The van der Waals surface area contributed by atoms with Crippen LogP contribution in [0.4, 0.5) is 16.3 Å². The first-order valence-corrected chi connectivity index (χ1v) is 14.8. The second-order valence-corrected chi connectivity index (χ2v) is 12.7. The maximum absolute atomic E-state index is 12.9. The number of fused-ring (bicyclic) bond motifs is 1. The molecule has 12 heteroatoms. The number of amides is 1. The van der Waals surface area contributed by atoms with Gasteiger partial charge < -0.3 is 19.4 Å². The number of piperazine rings is 1. The maximum atomic E-state index is 12.9. The van der Waals surface area contributed by atoms with Crippen molar-refractivity contribution in [1.82, 2.24) is 29.5 Å². The molecule has 6 rings (SSSR count). The molecule has 2 aliphatic heterocycles. The van der Waals surface area contributed by atoms with Crippen molar-refractivity contribution in [3.8, 4) is 5.69 Å². The summed E-state index contributed by atoms with van der Waals surface area (Å²) in [6.07, 6.45) is 5.15. The summed E-state index contributed by atoms with van der Waals surface area (Å²) in [5.74, 6) is 1.81. The molecule has 11 nitrogen and oxygen atoms in total. The fourth-order valence-corrected chi connectivity index (χ4v) is 6.40. The van der Waals surface area contributed by atoms with E-state index in [2.05, 4.69) is 26.8 Å². The molecule has 4 heterocycles. The fraction of sp³-hybridized carbons (Fsp3) is 0.500. The summed E-state index contributed by atoms with van der Waals surface area (Å²) in [6.45, 7) is 10.7. The van der Waals surface area contributed by atoms with Gasteiger partial charge in [-0.05, 0) is 51.8 Å². The van der Waals surface area contributed by atoms with Crippen LogP contribution in [0.2, 0.25) is 5.02 Å². The number of likely N-dealkylation sites (tertiary alicyclic amines) is 1. The van der Waals surface area contributed by atoms with Gasteiger partial charge in [0.25, 0.3) is 5.56 Å². The quantitative estimate of drug-likeness (QED) is 0.427. The number of halogens is 1. The number of para-hydroxylation sites is 1. The standard InChI is InChI=1S/C30H37ClN8O3/c1-30(2,3)42-29(41)38-18-22-23(19-38)27(22)35(4)17-20-14-33-25(16-32-20)37-12-10-36(11-13-37)24-15-34-39(28(40)26(24)31)21-8-6-5-7-9-21/h5-9,14-16,22-23,27H,10-13,17-19H2,1-4H3/t22-,23+,27?. The highest BCUT2D eigenvalue weighted by atomic mass is 35.5. The van der Waals surface area contributed by atoms with Gasteiger partial charge in [0.1, 0.15) is 16.4 Å². The summed E-state index contributed by atoms with van der Waals surface area (Å²) in [5.41, 5.74) is 1.45. The molecule has 0 N–H and O–H groups in total. The Morgan fingerprint density at radius 2 is 1.67 bits per heavy atom. The number of benzene rings is 1. The maximum Gasteiger partial charge on any atom is 0.410 e. The Bertz CT molecular complexity index is 1470. The molecule has 3 aromatic rings. The average Bonchev–Trinajstić information content (AvgIpc) is 3.48. The highest BCUT2D eigenvalue weighted by Gasteiger charge is 2.58. The third-order valence-electron chi connectivity index (χ3n) is 8.26. The van der Waals surface area contributed by atoms with E-state index in [0.717, 1.165) is 37.7 Å². The smallest absolute Gasteiger partial charge is 0.410 e. The van der Waals surface area contributed by atoms with Gasteiger partial charge in [0.2, 0.25) is 0 Å². The summed E-state index contributed by atoms with van der Waals surface area (Å²) in [4.78, 5) is 43.1. The van der Waals surface area contributed by atoms with Gasteiger partial charge in [0.05, 0.1) is 35.7 Å². The lowest BCUT2D eigenvalue weighted by Crippen LogP contribution is -2.47. The van der Waals surface area contributed by atoms with Gasteiger partial charge in [-0.15, -0.1) is 0 Å². The molecule has 0 bridgehead atoms. The van der Waals surface area contributed by atoms with Crippen LogP contribution in [0.3, 0.4) is 0 Å². The van der Waals surface area contributed by atoms with Crippen LogP contribution in [0.25, 0.3) is 5.69 Å². The number of hydrogen-bond acceptors (Lipinski definition) is 9. The zero-order valence-electron chi connectivity index (χ0n) is 24.5. The van der Waals surface area contributed by atoms with E-state index in [1.54, 1.807) is 6.20 Å². The van der Waals surface area contributed by atoms with Crippen LogP contribution in [-0.2, 0) is 11.3 Å². The fourth-order valence-electron chi connectivity index (χ4n) is 6.15. The lowest BCUT2D eigenvalue weighted by molar-refractivity contribution is 0.0258. The van der Waals surface area contributed by atoms with Crippen LogP contribution in [-0.4, -0.2) is 93.6 Å². The number of carbonyl (C=O) groups excluding carboxylic acids is 1. The van der Waals surface area contributed by atoms with E-state index >= 15 is 0 Å². The Hall–Kier alpha value is -3.70. The summed E-state index contributed by atoms with van der Waals surface area (Å²) in [6, 6.07) is 9.71. The minimum atomic E-state index is -0.473. The SMILES string of the molecule is CN(Cc1cnc(N2CCN(c3cnn(-c4ccccc4)c(=O)c3Cl)CC2)cn1)C1[C@H]2CN(C(=O)OC(C)(C)C)C[C@@H]12. The Morgan fingerprint density at radius 1 is 1.00 bits per heavy atom. The molecule has 3 atom stereocenters. The lowest BCUT2D eigenvalue weighted by Gasteiger charge is -2.36. The van der Waals surface area contributed by atoms with Crippen LogP contribution in [0, 0.1) is 11.8 Å². The van der Waals surface area contributed by atoms with Crippen LogP contribution in [0.5, 0.6) is 0 Å². The van der Waals surface area contributed by atoms with Crippen molar-refractivity contribution in [2.24, 2.45) is 11.8 Å². The molecule has 222 valence electrons. The molecular weight excluding hydrogens is 556 g/mol. The van der Waals surface area contributed by atoms with Gasteiger partial charge >= 0.3 is 6.09 Å². The molecule has 3 aliphatic rings. The normalized spacial score (nSPS) is 22.0. The van der Waals surface area contributed by atoms with Crippen molar-refractivity contribution >= 4 is 29.2 Å². The van der Waals surface area contributed by atoms with Crippen molar-refractivity contribution in [2.75, 3.05) is 56.1 Å². The van der Waals surface area contributed by atoms with Gasteiger partial charge in [-0.25, -0.2) is 9.78 Å². The van der Waals surface area contributed by atoms with Gasteiger partial charge in [0.15, 0.2) is 0 Å². The van der Waals surface area contributed by atoms with Crippen molar-refractivity contribution in [2.45, 2.75) is 39.0 Å². The van der Waals surface area contributed by atoms with Crippen molar-refractivity contribution < 1.29 is 9.53 Å². The first-order valence-electron chi connectivity index (χ1n) is 14.4. The summed E-state index contributed by atoms with van der Waals surface area (Å²) < 4.78 is 6.85. The zero-order chi connectivity index (χ0) is 29.6. The van der Waals surface area contributed by atoms with Gasteiger partial charge in [-0.1, -0.05) is 29.8 Å². The van der Waals surface area contributed by atoms with E-state index in [-0.39, 0.29) is 16.7 Å². The Balaban J connectivity index is 0.999. The first kappa shape index (κ1) is 28.4. The van der Waals surface area contributed by atoms with Gasteiger partial charge in [-0.2, -0.15) is 9.78 Å². The molecule has 42 heavy (non-hydrogen) atoms. The minimum absolute atomic E-state index is 0.174. The van der Waals surface area contributed by atoms with Crippen LogP contribution >= 0.6 is 11.6 Å². The topological polar surface area (TPSA) is 99.9 Å². The first-order chi connectivity index (χ1) is 20.1. The number of aromatic nitrogens is 4. The molecule has 3 fully saturated rings. The number of nitrogens with zero attached hydrogens (tertiary/aromatic N) is 8. The summed E-state index contributed by atoms with van der Waals surface area (Å²) in [7, 11) is 2.12. The molecule has 1 aromatic carbocycles. The number of rotatable bonds is 6. The molecule has 1 aliphatic carbocycles. The van der Waals surface area contributed by atoms with E-state index in [1.165, 1.54) is 4.68 Å². The lowest BCUT2D eigenvalue weighted by atomic mass is 10.2. The number of carbonyl (C=O) groups is 1. The molecule has 0 spiro atoms. The Kier molecular flexibility index (Phi) is 7.57. The predicted octanol–water partition coefficient (Wildman–Crippen LogP) is 3.30. The second-order valence-electron chi connectivity index (χ2n) is 12.4. The molecule has 1 saturated carbocycles. The minimum Gasteiger partial charge on any atom is -0.444 e. The van der Waals surface area contributed by atoms with E-state index in [4.69, 9.17) is 26.3 Å². The van der Waals surface area contributed by atoms with Gasteiger partial charge in [-0.3, -0.25) is 14.7 Å². The third kappa shape index (κ3) is 5.80. The Labute approximate surface area is 250 Å². The average molecular weight is 593 g/mol. The second kappa shape index (κ2) is 11.2. The number of anilines is 2. The van der Waals surface area contributed by atoms with E-state index < -0.39 is 5.60 Å². The zero-order valence-corrected chi connectivity index (χ0v) is 25.2. The highest BCUT2D eigenvalue weighted by Crippen LogP contribution is 2.49. The molecule has 2 saturated heterocycles. The van der Waals surface area contributed by atoms with Crippen molar-refractivity contribution in [1.29, 1.82) is 0 Å². The number of ether oxygens (including phenoxy) is 1. The number of piperidine rings is 1. The van der Waals surface area contributed by atoms with E-state index in [1.807, 2.05) is 68.4 Å². The molecule has 2 aromatic heterocycles. The van der Waals surface area contributed by atoms with E-state index in [9.17, 15) is 9.59 Å². The van der Waals surface area contributed by atoms with Crippen molar-refractivity contribution in [3.63, 3.8) is 0 Å². The molecular formula is C30H37ClN8O3. The molecule has 1 unspecified atom stereocenters. The molecule has 1 amide bonds. The van der Waals surface area contributed by atoms with Crippen LogP contribution in [0.1, 0.15) is 26.5 Å². The van der Waals surface area contributed by atoms with Crippen LogP contribution in [0.15, 0.2) is 53.7 Å². The van der Waals surface area contributed by atoms with Crippen molar-refractivity contribution in [3.05, 3.63) is 70.0 Å². The Morgan fingerprint density at radius 3 is 2.29 bits per heavy atom. The third-order valence-corrected chi connectivity index (χ3v) is 8.61. The van der Waals surface area contributed by atoms with E-state index in [0.29, 0.717) is 48.9 Å². The number of hydrogen-bond donors (Lipinski definition) is 0. The summed E-state index contributed by atoms with van der Waals surface area (Å²) >= 11 is 6.52. The van der Waals surface area contributed by atoms with Crippen LogP contribution < -0.4 is 15.4 Å². The van der Waals surface area contributed by atoms with Gasteiger partial charge in [0, 0.05) is 51.9 Å². The monoisotopic (exact) mass is 592 g/mol. The summed E-state index contributed by atoms with van der Waals surface area (Å²) in [5, 5.41) is 4.54.